The molecule has 0 aliphatic rings. The van der Waals surface area contributed by atoms with Crippen LogP contribution in [0.2, 0.25) is 0 Å². The second-order valence-electron chi connectivity index (χ2n) is 9.07. The molecule has 0 spiro atoms. The van der Waals surface area contributed by atoms with E-state index in [0.717, 1.165) is 38.7 Å². The van der Waals surface area contributed by atoms with Gasteiger partial charge in [-0.3, -0.25) is 0 Å². The molecule has 0 aliphatic heterocycles. The molecule has 0 aliphatic carbocycles. The molecule has 0 fully saturated rings. The maximum absolute atomic E-state index is 12.7. The van der Waals surface area contributed by atoms with Crippen molar-refractivity contribution in [3.05, 3.63) is 125 Å². The summed E-state index contributed by atoms with van der Waals surface area (Å²) >= 11 is 0. The van der Waals surface area contributed by atoms with Crippen LogP contribution in [0.15, 0.2) is 118 Å². The molecule has 7 aromatic rings. The van der Waals surface area contributed by atoms with E-state index in [2.05, 4.69) is 83.4 Å². The number of aromatic nitrogens is 1. The molecule has 35 heavy (non-hydrogen) atoms. The molecular weight excluding hydrogens is 430 g/mol. The number of hydrogen-bond donors (Lipinski definition) is 0. The lowest BCUT2D eigenvalue weighted by Crippen LogP contribution is -2.00. The van der Waals surface area contributed by atoms with E-state index in [0.29, 0.717) is 11.0 Å². The highest BCUT2D eigenvalue weighted by atomic mass is 16.4. The minimum Gasteiger partial charge on any atom is -0.422 e. The van der Waals surface area contributed by atoms with E-state index in [1.54, 1.807) is 0 Å². The molecule has 2 aromatic heterocycles. The Labute approximate surface area is 201 Å². The van der Waals surface area contributed by atoms with Crippen LogP contribution in [0, 0.1) is 6.92 Å². The van der Waals surface area contributed by atoms with Gasteiger partial charge < -0.3 is 8.98 Å². The zero-order valence-electron chi connectivity index (χ0n) is 19.2. The molecule has 7 rings (SSSR count). The summed E-state index contributed by atoms with van der Waals surface area (Å²) in [5.41, 5.74) is 6.94. The van der Waals surface area contributed by atoms with Gasteiger partial charge in [-0.15, -0.1) is 0 Å². The molecule has 0 bridgehead atoms. The highest BCUT2D eigenvalue weighted by Gasteiger charge is 2.14. The Kier molecular flexibility index (Phi) is 4.21. The van der Waals surface area contributed by atoms with Crippen molar-refractivity contribution in [1.82, 2.24) is 4.57 Å². The van der Waals surface area contributed by atoms with Gasteiger partial charge in [0.2, 0.25) is 0 Å². The van der Waals surface area contributed by atoms with E-state index in [1.165, 1.54) is 16.3 Å². The second-order valence-corrected chi connectivity index (χ2v) is 9.07. The molecule has 0 N–H and O–H groups in total. The van der Waals surface area contributed by atoms with Crippen molar-refractivity contribution < 1.29 is 4.42 Å². The third-order valence-corrected chi connectivity index (χ3v) is 6.89. The van der Waals surface area contributed by atoms with Crippen LogP contribution in [-0.2, 0) is 0 Å². The monoisotopic (exact) mass is 451 g/mol. The summed E-state index contributed by atoms with van der Waals surface area (Å²) in [6.07, 6.45) is 0. The Bertz CT molecular complexity index is 1980. The molecule has 3 nitrogen and oxygen atoms in total. The van der Waals surface area contributed by atoms with E-state index in [1.807, 2.05) is 37.3 Å². The van der Waals surface area contributed by atoms with Crippen LogP contribution in [-0.4, -0.2) is 4.57 Å². The molecule has 2 heterocycles. The third kappa shape index (κ3) is 3.02. The largest absolute Gasteiger partial charge is 0.422 e. The first kappa shape index (κ1) is 19.8. The molecular formula is C32H21NO2. The topological polar surface area (TPSA) is 35.1 Å². The molecule has 0 saturated heterocycles. The van der Waals surface area contributed by atoms with E-state index in [9.17, 15) is 4.79 Å². The van der Waals surface area contributed by atoms with Crippen LogP contribution in [0.3, 0.4) is 0 Å². The van der Waals surface area contributed by atoms with Crippen molar-refractivity contribution in [2.24, 2.45) is 0 Å². The lowest BCUT2D eigenvalue weighted by atomic mass is 9.99. The highest BCUT2D eigenvalue weighted by molar-refractivity contribution is 6.11. The molecule has 0 saturated carbocycles. The third-order valence-electron chi connectivity index (χ3n) is 6.89. The summed E-state index contributed by atoms with van der Waals surface area (Å²) in [7, 11) is 0. The number of fused-ring (bicyclic) bond motifs is 6. The number of nitrogens with zero attached hydrogens (tertiary/aromatic N) is 1. The normalized spacial score (nSPS) is 11.7. The molecule has 5 aromatic carbocycles. The van der Waals surface area contributed by atoms with Gasteiger partial charge in [-0.2, -0.15) is 0 Å². The smallest absolute Gasteiger partial charge is 0.344 e. The summed E-state index contributed by atoms with van der Waals surface area (Å²) in [6.45, 7) is 1.98. The fraction of sp³-hybridized carbons (Fsp3) is 0.0312. The molecule has 166 valence electrons. The summed E-state index contributed by atoms with van der Waals surface area (Å²) in [4.78, 5) is 12.7. The number of rotatable bonds is 2. The summed E-state index contributed by atoms with van der Waals surface area (Å²) < 4.78 is 8.06. The zero-order chi connectivity index (χ0) is 23.5. The van der Waals surface area contributed by atoms with Gasteiger partial charge in [0.1, 0.15) is 5.58 Å². The van der Waals surface area contributed by atoms with Gasteiger partial charge in [-0.05, 0) is 72.0 Å². The van der Waals surface area contributed by atoms with Crippen molar-refractivity contribution in [2.45, 2.75) is 6.92 Å². The van der Waals surface area contributed by atoms with Crippen LogP contribution in [0.25, 0.3) is 60.4 Å². The van der Waals surface area contributed by atoms with Crippen LogP contribution in [0.4, 0.5) is 0 Å². The maximum atomic E-state index is 12.7. The lowest BCUT2D eigenvalue weighted by molar-refractivity contribution is 0.570. The first-order valence-corrected chi connectivity index (χ1v) is 11.7. The van der Waals surface area contributed by atoms with Gasteiger partial charge in [-0.25, -0.2) is 4.79 Å². The minimum atomic E-state index is -0.297. The van der Waals surface area contributed by atoms with Gasteiger partial charge >= 0.3 is 5.63 Å². The Balaban J connectivity index is 1.46. The van der Waals surface area contributed by atoms with E-state index < -0.39 is 0 Å². The number of para-hydroxylation sites is 2. The lowest BCUT2D eigenvalue weighted by Gasteiger charge is -2.09. The average Bonchev–Trinajstić information content (AvgIpc) is 3.23. The highest BCUT2D eigenvalue weighted by Crippen LogP contribution is 2.36. The van der Waals surface area contributed by atoms with Gasteiger partial charge in [-0.1, -0.05) is 66.2 Å². The Morgan fingerprint density at radius 2 is 1.29 bits per heavy atom. The molecule has 3 heteroatoms. The maximum Gasteiger partial charge on any atom is 0.344 e. The van der Waals surface area contributed by atoms with Crippen LogP contribution in [0.5, 0.6) is 0 Å². The first-order chi connectivity index (χ1) is 17.2. The van der Waals surface area contributed by atoms with Gasteiger partial charge in [0.15, 0.2) is 0 Å². The fourth-order valence-corrected chi connectivity index (χ4v) is 5.23. The summed E-state index contributed by atoms with van der Waals surface area (Å²) in [5.74, 6) is 0. The van der Waals surface area contributed by atoms with Crippen molar-refractivity contribution in [2.75, 3.05) is 0 Å². The van der Waals surface area contributed by atoms with Crippen molar-refractivity contribution in [3.63, 3.8) is 0 Å². The van der Waals surface area contributed by atoms with E-state index in [4.69, 9.17) is 4.42 Å². The molecule has 0 amide bonds. The van der Waals surface area contributed by atoms with Crippen LogP contribution >= 0.6 is 0 Å². The number of aryl methyl sites for hydroxylation is 1. The summed E-state index contributed by atoms with van der Waals surface area (Å²) in [6, 6.07) is 37.6. The minimum absolute atomic E-state index is 0.297. The van der Waals surface area contributed by atoms with Gasteiger partial charge in [0.05, 0.1) is 16.4 Å². The SMILES string of the molecule is Cc1ccc2c(c1)c(=O)oc1cc(-c3ccc4c(c3)c3ccccc3n4-c3ccccc3)ccc12. The van der Waals surface area contributed by atoms with Crippen LogP contribution in [0.1, 0.15) is 5.56 Å². The predicted molar refractivity (Wildman–Crippen MR) is 145 cm³/mol. The predicted octanol–water partition coefficient (Wildman–Crippen LogP) is 8.02. The van der Waals surface area contributed by atoms with Crippen LogP contribution < -0.4 is 5.63 Å². The average molecular weight is 452 g/mol. The van der Waals surface area contributed by atoms with Crippen molar-refractivity contribution in [3.8, 4) is 16.8 Å². The Morgan fingerprint density at radius 3 is 2.17 bits per heavy atom. The first-order valence-electron chi connectivity index (χ1n) is 11.7. The van der Waals surface area contributed by atoms with Gasteiger partial charge in [0, 0.05) is 21.8 Å². The molecule has 0 atom stereocenters. The molecule has 0 radical (unpaired) electrons. The Hall–Kier alpha value is -4.63. The van der Waals surface area contributed by atoms with Gasteiger partial charge in [0.25, 0.3) is 0 Å². The standard InChI is InChI=1S/C32H21NO2/c1-20-11-14-24-26-15-12-22(19-31(26)35-32(34)28(24)17-20)21-13-16-30-27(18-21)25-9-5-6-10-29(25)33(30)23-7-3-2-4-8-23/h2-19H,1H3. The fourth-order valence-electron chi connectivity index (χ4n) is 5.23. The number of benzene rings is 5. The zero-order valence-corrected chi connectivity index (χ0v) is 19.2. The Morgan fingerprint density at radius 1 is 0.571 bits per heavy atom. The number of hydrogen-bond acceptors (Lipinski definition) is 2. The van der Waals surface area contributed by atoms with E-state index >= 15 is 0 Å². The van der Waals surface area contributed by atoms with E-state index in [-0.39, 0.29) is 5.63 Å². The second kappa shape index (κ2) is 7.44. The molecule has 0 unspecified atom stereocenters. The van der Waals surface area contributed by atoms with Crippen molar-refractivity contribution in [1.29, 1.82) is 0 Å². The quantitative estimate of drug-likeness (QED) is 0.197. The summed E-state index contributed by atoms with van der Waals surface area (Å²) in [5, 5.41) is 4.90. The van der Waals surface area contributed by atoms with Crippen molar-refractivity contribution >= 4 is 43.5 Å².